The van der Waals surface area contributed by atoms with Crippen molar-refractivity contribution >= 4 is 11.6 Å². The Balaban J connectivity index is 1.74. The lowest BCUT2D eigenvalue weighted by atomic mass is 9.93. The highest BCUT2D eigenvalue weighted by molar-refractivity contribution is 6.31. The fraction of sp³-hybridized carbons (Fsp3) is 0.625. The van der Waals surface area contributed by atoms with Gasteiger partial charge in [-0.3, -0.25) is 4.90 Å². The Hall–Kier alpha value is -0.570. The number of hydrogen-bond acceptors (Lipinski definition) is 2. The van der Waals surface area contributed by atoms with Crippen molar-refractivity contribution in [2.24, 2.45) is 11.8 Å². The molecule has 0 spiro atoms. The lowest BCUT2D eigenvalue weighted by molar-refractivity contribution is 0.210. The number of rotatable bonds is 3. The molecule has 2 heterocycles. The van der Waals surface area contributed by atoms with E-state index in [1.165, 1.54) is 37.2 Å². The summed E-state index contributed by atoms with van der Waals surface area (Å²) >= 11 is 6.24. The zero-order valence-electron chi connectivity index (χ0n) is 11.8. The molecule has 3 unspecified atom stereocenters. The second kappa shape index (κ2) is 5.43. The van der Waals surface area contributed by atoms with E-state index in [0.717, 1.165) is 29.4 Å². The molecule has 3 heteroatoms. The van der Waals surface area contributed by atoms with E-state index >= 15 is 0 Å². The summed E-state index contributed by atoms with van der Waals surface area (Å²) in [5.41, 5.74) is 2.52. The van der Waals surface area contributed by atoms with Crippen LogP contribution in [0.4, 0.5) is 0 Å². The minimum absolute atomic E-state index is 0.736. The van der Waals surface area contributed by atoms with E-state index in [1.807, 2.05) is 0 Å². The summed E-state index contributed by atoms with van der Waals surface area (Å²) in [5, 5.41) is 4.44. The third-order valence-electron chi connectivity index (χ3n) is 4.86. The maximum atomic E-state index is 6.24. The number of benzene rings is 1. The van der Waals surface area contributed by atoms with Crippen molar-refractivity contribution in [1.29, 1.82) is 0 Å². The van der Waals surface area contributed by atoms with Gasteiger partial charge in [0.25, 0.3) is 0 Å². The molecule has 19 heavy (non-hydrogen) atoms. The van der Waals surface area contributed by atoms with E-state index in [2.05, 4.69) is 42.3 Å². The maximum Gasteiger partial charge on any atom is 0.0438 e. The van der Waals surface area contributed by atoms with Crippen LogP contribution >= 0.6 is 11.6 Å². The van der Waals surface area contributed by atoms with E-state index in [0.29, 0.717) is 0 Å². The van der Waals surface area contributed by atoms with Gasteiger partial charge in [0, 0.05) is 24.2 Å². The van der Waals surface area contributed by atoms with Gasteiger partial charge < -0.3 is 5.32 Å². The minimum Gasteiger partial charge on any atom is -0.316 e. The molecule has 0 radical (unpaired) electrons. The fourth-order valence-electron chi connectivity index (χ4n) is 3.82. The highest BCUT2D eigenvalue weighted by Crippen LogP contribution is 2.35. The van der Waals surface area contributed by atoms with Gasteiger partial charge in [0.1, 0.15) is 0 Å². The Bertz CT molecular complexity index is 460. The number of likely N-dealkylation sites (tertiary alicyclic amines) is 1. The summed E-state index contributed by atoms with van der Waals surface area (Å²) in [6, 6.07) is 7.23. The van der Waals surface area contributed by atoms with Crippen molar-refractivity contribution in [2.45, 2.75) is 32.9 Å². The van der Waals surface area contributed by atoms with E-state index in [1.54, 1.807) is 0 Å². The van der Waals surface area contributed by atoms with E-state index in [4.69, 9.17) is 11.6 Å². The Morgan fingerprint density at radius 1 is 1.37 bits per heavy atom. The number of nitrogens with zero attached hydrogens (tertiary/aromatic N) is 1. The molecule has 0 bridgehead atoms. The predicted octanol–water partition coefficient (Wildman–Crippen LogP) is 3.08. The van der Waals surface area contributed by atoms with Gasteiger partial charge in [-0.25, -0.2) is 0 Å². The fourth-order valence-corrected chi connectivity index (χ4v) is 4.03. The lowest BCUT2D eigenvalue weighted by Crippen LogP contribution is -2.34. The Morgan fingerprint density at radius 2 is 2.21 bits per heavy atom. The molecule has 3 rings (SSSR count). The molecule has 2 fully saturated rings. The van der Waals surface area contributed by atoms with Gasteiger partial charge in [-0.05, 0) is 55.5 Å². The zero-order chi connectivity index (χ0) is 13.4. The number of hydrogen-bond donors (Lipinski definition) is 1. The van der Waals surface area contributed by atoms with Crippen LogP contribution in [0.2, 0.25) is 5.02 Å². The van der Waals surface area contributed by atoms with Crippen molar-refractivity contribution in [3.63, 3.8) is 0 Å². The SMILES string of the molecule is CCC1C2CNCC2CN1Cc1ccc(C)c(Cl)c1. The molecule has 3 atom stereocenters. The summed E-state index contributed by atoms with van der Waals surface area (Å²) in [6.07, 6.45) is 1.25. The Labute approximate surface area is 121 Å². The first kappa shape index (κ1) is 13.4. The number of halogens is 1. The topological polar surface area (TPSA) is 15.3 Å². The molecule has 2 aliphatic rings. The largest absolute Gasteiger partial charge is 0.316 e. The van der Waals surface area contributed by atoms with E-state index in [-0.39, 0.29) is 0 Å². The summed E-state index contributed by atoms with van der Waals surface area (Å²) in [5.74, 6) is 1.71. The van der Waals surface area contributed by atoms with Crippen LogP contribution < -0.4 is 5.32 Å². The Kier molecular flexibility index (Phi) is 3.84. The molecular weight excluding hydrogens is 256 g/mol. The van der Waals surface area contributed by atoms with Crippen LogP contribution in [0.25, 0.3) is 0 Å². The smallest absolute Gasteiger partial charge is 0.0438 e. The number of fused-ring (bicyclic) bond motifs is 1. The van der Waals surface area contributed by atoms with Crippen LogP contribution in [-0.4, -0.2) is 30.6 Å². The quantitative estimate of drug-likeness (QED) is 0.914. The van der Waals surface area contributed by atoms with Crippen LogP contribution in [0.3, 0.4) is 0 Å². The molecule has 2 saturated heterocycles. The summed E-state index contributed by atoms with van der Waals surface area (Å²) in [6.45, 7) is 9.07. The first-order valence-corrected chi connectivity index (χ1v) is 7.76. The minimum atomic E-state index is 0.736. The van der Waals surface area contributed by atoms with Gasteiger partial charge in [0.2, 0.25) is 0 Å². The summed E-state index contributed by atoms with van der Waals surface area (Å²) in [4.78, 5) is 2.66. The van der Waals surface area contributed by atoms with E-state index < -0.39 is 0 Å². The molecule has 1 aromatic carbocycles. The standard InChI is InChI=1S/C16H23ClN2/c1-3-16-14-8-18-7-13(14)10-19(16)9-12-5-4-11(2)15(17)6-12/h4-6,13-14,16,18H,3,7-10H2,1-2H3. The van der Waals surface area contributed by atoms with Crippen molar-refractivity contribution in [2.75, 3.05) is 19.6 Å². The molecule has 2 aliphatic heterocycles. The Morgan fingerprint density at radius 3 is 2.95 bits per heavy atom. The molecule has 2 nitrogen and oxygen atoms in total. The summed E-state index contributed by atoms with van der Waals surface area (Å²) < 4.78 is 0. The van der Waals surface area contributed by atoms with Crippen molar-refractivity contribution in [3.05, 3.63) is 34.3 Å². The van der Waals surface area contributed by atoms with Crippen LogP contribution in [0.15, 0.2) is 18.2 Å². The first-order chi connectivity index (χ1) is 9.19. The third-order valence-corrected chi connectivity index (χ3v) is 5.27. The summed E-state index contributed by atoms with van der Waals surface area (Å²) in [7, 11) is 0. The van der Waals surface area contributed by atoms with Gasteiger partial charge in [-0.2, -0.15) is 0 Å². The molecule has 0 aromatic heterocycles. The molecular formula is C16H23ClN2. The van der Waals surface area contributed by atoms with Gasteiger partial charge in [-0.15, -0.1) is 0 Å². The lowest BCUT2D eigenvalue weighted by Gasteiger charge is -2.27. The van der Waals surface area contributed by atoms with Crippen molar-refractivity contribution in [1.82, 2.24) is 10.2 Å². The van der Waals surface area contributed by atoms with Crippen LogP contribution in [0, 0.1) is 18.8 Å². The third kappa shape index (κ3) is 2.54. The average molecular weight is 279 g/mol. The molecule has 0 amide bonds. The van der Waals surface area contributed by atoms with Crippen molar-refractivity contribution in [3.8, 4) is 0 Å². The molecule has 1 aromatic rings. The second-order valence-corrected chi connectivity index (χ2v) is 6.48. The monoisotopic (exact) mass is 278 g/mol. The van der Waals surface area contributed by atoms with E-state index in [9.17, 15) is 0 Å². The highest BCUT2D eigenvalue weighted by Gasteiger charge is 2.42. The molecule has 104 valence electrons. The van der Waals surface area contributed by atoms with Gasteiger partial charge in [-0.1, -0.05) is 30.7 Å². The maximum absolute atomic E-state index is 6.24. The van der Waals surface area contributed by atoms with Crippen molar-refractivity contribution < 1.29 is 0 Å². The van der Waals surface area contributed by atoms with Crippen LogP contribution in [0.5, 0.6) is 0 Å². The van der Waals surface area contributed by atoms with Gasteiger partial charge in [0.15, 0.2) is 0 Å². The predicted molar refractivity (Wildman–Crippen MR) is 80.5 cm³/mol. The second-order valence-electron chi connectivity index (χ2n) is 6.07. The van der Waals surface area contributed by atoms with Gasteiger partial charge in [0.05, 0.1) is 0 Å². The first-order valence-electron chi connectivity index (χ1n) is 7.39. The number of aryl methyl sites for hydroxylation is 1. The van der Waals surface area contributed by atoms with Crippen LogP contribution in [0.1, 0.15) is 24.5 Å². The molecule has 0 saturated carbocycles. The average Bonchev–Trinajstić information content (AvgIpc) is 2.94. The zero-order valence-corrected chi connectivity index (χ0v) is 12.6. The van der Waals surface area contributed by atoms with Crippen LogP contribution in [-0.2, 0) is 6.54 Å². The highest BCUT2D eigenvalue weighted by atomic mass is 35.5. The molecule has 1 N–H and O–H groups in total. The number of nitrogens with one attached hydrogen (secondary N) is 1. The molecule has 0 aliphatic carbocycles. The van der Waals surface area contributed by atoms with Gasteiger partial charge >= 0.3 is 0 Å². The normalized spacial score (nSPS) is 30.8.